The summed E-state index contributed by atoms with van der Waals surface area (Å²) in [4.78, 5) is 42.5. The molecule has 0 spiro atoms. The molecule has 1 aliphatic rings. The van der Waals surface area contributed by atoms with Crippen molar-refractivity contribution in [2.45, 2.75) is 131 Å². The average Bonchev–Trinajstić information content (AvgIpc) is 2.77. The van der Waals surface area contributed by atoms with E-state index in [1.165, 1.54) is 6.42 Å². The average molecular weight is 516 g/mol. The van der Waals surface area contributed by atoms with Gasteiger partial charge in [0.05, 0.1) is 0 Å². The molecule has 2 N–H and O–H groups in total. The molecule has 1 fully saturated rings. The molecule has 37 heavy (non-hydrogen) atoms. The van der Waals surface area contributed by atoms with Gasteiger partial charge >= 0.3 is 6.09 Å². The van der Waals surface area contributed by atoms with Gasteiger partial charge in [-0.15, -0.1) is 0 Å². The fourth-order valence-corrected chi connectivity index (χ4v) is 5.02. The lowest BCUT2D eigenvalue weighted by Crippen LogP contribution is -2.56. The topological polar surface area (TPSA) is 87.7 Å². The highest BCUT2D eigenvalue weighted by atomic mass is 16.6. The van der Waals surface area contributed by atoms with Crippen LogP contribution in [0.3, 0.4) is 0 Å². The monoisotopic (exact) mass is 515 g/mol. The molecule has 0 bridgehead atoms. The normalized spacial score (nSPS) is 16.3. The van der Waals surface area contributed by atoms with E-state index in [1.807, 2.05) is 59.7 Å². The van der Waals surface area contributed by atoms with Crippen LogP contribution in [0, 0.1) is 19.8 Å². The number of nitrogens with zero attached hydrogens (tertiary/aromatic N) is 1. The van der Waals surface area contributed by atoms with Crippen LogP contribution in [0.15, 0.2) is 18.2 Å². The van der Waals surface area contributed by atoms with Crippen LogP contribution in [0.1, 0.15) is 110 Å². The molecule has 1 aromatic rings. The molecule has 1 saturated carbocycles. The lowest BCUT2D eigenvalue weighted by atomic mass is 9.91. The van der Waals surface area contributed by atoms with E-state index in [9.17, 15) is 14.4 Å². The van der Waals surface area contributed by atoms with Gasteiger partial charge in [0, 0.05) is 12.1 Å². The van der Waals surface area contributed by atoms with E-state index >= 15 is 0 Å². The first kappa shape index (κ1) is 30.7. The number of hydrogen-bond donors (Lipinski definition) is 2. The zero-order chi connectivity index (χ0) is 27.9. The molecule has 2 unspecified atom stereocenters. The molecule has 2 atom stereocenters. The molecule has 2 rings (SSSR count). The van der Waals surface area contributed by atoms with Crippen molar-refractivity contribution in [1.29, 1.82) is 0 Å². The number of carbonyl (C=O) groups excluding carboxylic acids is 3. The second kappa shape index (κ2) is 13.3. The van der Waals surface area contributed by atoms with Crippen molar-refractivity contribution in [2.24, 2.45) is 5.92 Å². The highest BCUT2D eigenvalue weighted by Gasteiger charge is 2.39. The van der Waals surface area contributed by atoms with Gasteiger partial charge in [-0.25, -0.2) is 4.79 Å². The molecule has 0 radical (unpaired) electrons. The van der Waals surface area contributed by atoms with Crippen molar-refractivity contribution in [2.75, 3.05) is 0 Å². The van der Waals surface area contributed by atoms with Gasteiger partial charge < -0.3 is 20.3 Å². The third-order valence-electron chi connectivity index (χ3n) is 6.93. The van der Waals surface area contributed by atoms with Gasteiger partial charge in [-0.05, 0) is 90.3 Å². The zero-order valence-corrected chi connectivity index (χ0v) is 24.4. The van der Waals surface area contributed by atoms with Crippen LogP contribution >= 0.6 is 0 Å². The Hall–Kier alpha value is -2.57. The van der Waals surface area contributed by atoms with Crippen molar-refractivity contribution in [1.82, 2.24) is 15.5 Å². The van der Waals surface area contributed by atoms with Crippen LogP contribution in [0.5, 0.6) is 0 Å². The first-order valence-corrected chi connectivity index (χ1v) is 13.9. The maximum absolute atomic E-state index is 14.2. The van der Waals surface area contributed by atoms with E-state index in [4.69, 9.17) is 4.74 Å². The molecular weight excluding hydrogens is 466 g/mol. The highest BCUT2D eigenvalue weighted by Crippen LogP contribution is 2.30. The molecule has 7 nitrogen and oxygen atoms in total. The highest BCUT2D eigenvalue weighted by molar-refractivity contribution is 5.92. The van der Waals surface area contributed by atoms with E-state index in [0.717, 1.165) is 42.4 Å². The number of carbonyl (C=O) groups is 3. The van der Waals surface area contributed by atoms with E-state index in [1.54, 1.807) is 25.7 Å². The van der Waals surface area contributed by atoms with Crippen molar-refractivity contribution in [3.05, 3.63) is 34.9 Å². The Bertz CT molecular complexity index is 929. The number of ether oxygens (including phenoxy) is 1. The molecule has 0 heterocycles. The molecule has 208 valence electrons. The Morgan fingerprint density at radius 3 is 2.19 bits per heavy atom. The fourth-order valence-electron chi connectivity index (χ4n) is 5.02. The molecule has 1 aromatic carbocycles. The SMILES string of the molecule is Cc1cccc(C(C(=O)NC2CCCCC2)N(C(=O)C(CC(C)C)NC(=O)OC(C)(C)C)C(C)C)c1C. The zero-order valence-electron chi connectivity index (χ0n) is 24.4. The molecule has 3 amide bonds. The summed E-state index contributed by atoms with van der Waals surface area (Å²) >= 11 is 0. The van der Waals surface area contributed by atoms with Crippen molar-refractivity contribution < 1.29 is 19.1 Å². The third-order valence-corrected chi connectivity index (χ3v) is 6.93. The van der Waals surface area contributed by atoms with E-state index in [2.05, 4.69) is 10.6 Å². The molecule has 0 saturated heterocycles. The number of rotatable bonds is 9. The molecule has 0 aliphatic heterocycles. The van der Waals surface area contributed by atoms with E-state index in [0.29, 0.717) is 6.42 Å². The molecule has 7 heteroatoms. The Labute approximate surface area is 224 Å². The summed E-state index contributed by atoms with van der Waals surface area (Å²) in [5, 5.41) is 6.07. The number of amides is 3. The van der Waals surface area contributed by atoms with Gasteiger partial charge in [-0.1, -0.05) is 51.3 Å². The minimum atomic E-state index is -0.813. The molecule has 1 aliphatic carbocycles. The summed E-state index contributed by atoms with van der Waals surface area (Å²) in [5.74, 6) is -0.296. The lowest BCUT2D eigenvalue weighted by Gasteiger charge is -2.39. The Balaban J connectivity index is 2.50. The van der Waals surface area contributed by atoms with Gasteiger partial charge in [-0.2, -0.15) is 0 Å². The lowest BCUT2D eigenvalue weighted by molar-refractivity contribution is -0.145. The standard InChI is InChI=1S/C30H49N3O4/c1-19(2)18-25(32-29(36)37-30(7,8)9)28(35)33(20(3)4)26(24-17-13-14-21(5)22(24)6)27(34)31-23-15-11-10-12-16-23/h13-14,17,19-20,23,25-26H,10-12,15-16,18H2,1-9H3,(H,31,34)(H,32,36). The van der Waals surface area contributed by atoms with E-state index in [-0.39, 0.29) is 29.8 Å². The van der Waals surface area contributed by atoms with Crippen LogP contribution in [0.4, 0.5) is 4.79 Å². The Morgan fingerprint density at radius 2 is 1.65 bits per heavy atom. The fraction of sp³-hybridized carbons (Fsp3) is 0.700. The van der Waals surface area contributed by atoms with Crippen molar-refractivity contribution >= 4 is 17.9 Å². The van der Waals surface area contributed by atoms with Crippen LogP contribution < -0.4 is 10.6 Å². The minimum absolute atomic E-state index is 0.115. The Kier molecular flexibility index (Phi) is 11.0. The summed E-state index contributed by atoms with van der Waals surface area (Å²) in [6.07, 6.45) is 5.10. The van der Waals surface area contributed by atoms with Crippen LogP contribution in [0.2, 0.25) is 0 Å². The summed E-state index contributed by atoms with van der Waals surface area (Å²) in [7, 11) is 0. The predicted octanol–water partition coefficient (Wildman–Crippen LogP) is 5.97. The van der Waals surface area contributed by atoms with Gasteiger partial charge in [0.25, 0.3) is 0 Å². The van der Waals surface area contributed by atoms with E-state index < -0.39 is 23.8 Å². The second-order valence-electron chi connectivity index (χ2n) is 12.2. The molecule has 0 aromatic heterocycles. The van der Waals surface area contributed by atoms with Crippen molar-refractivity contribution in [3.8, 4) is 0 Å². The van der Waals surface area contributed by atoms with Gasteiger partial charge in [0.15, 0.2) is 0 Å². The van der Waals surface area contributed by atoms with Gasteiger partial charge in [0.1, 0.15) is 17.7 Å². The van der Waals surface area contributed by atoms with Gasteiger partial charge in [-0.3, -0.25) is 9.59 Å². The maximum Gasteiger partial charge on any atom is 0.408 e. The van der Waals surface area contributed by atoms with Crippen LogP contribution in [-0.4, -0.2) is 46.5 Å². The number of aryl methyl sites for hydroxylation is 1. The number of nitrogens with one attached hydrogen (secondary N) is 2. The Morgan fingerprint density at radius 1 is 1.03 bits per heavy atom. The summed E-state index contributed by atoms with van der Waals surface area (Å²) < 4.78 is 5.47. The van der Waals surface area contributed by atoms with Gasteiger partial charge in [0.2, 0.25) is 11.8 Å². The second-order valence-corrected chi connectivity index (χ2v) is 12.2. The summed E-state index contributed by atoms with van der Waals surface area (Å²) in [5.41, 5.74) is 2.19. The third kappa shape index (κ3) is 9.04. The maximum atomic E-state index is 14.2. The quantitative estimate of drug-likeness (QED) is 0.424. The number of benzene rings is 1. The van der Waals surface area contributed by atoms with Crippen LogP contribution in [-0.2, 0) is 14.3 Å². The first-order chi connectivity index (χ1) is 17.2. The minimum Gasteiger partial charge on any atom is -0.444 e. The number of hydrogen-bond acceptors (Lipinski definition) is 4. The predicted molar refractivity (Wildman–Crippen MR) is 148 cm³/mol. The molecular formula is C30H49N3O4. The summed E-state index contributed by atoms with van der Waals surface area (Å²) in [6.45, 7) is 17.2. The van der Waals surface area contributed by atoms with Crippen molar-refractivity contribution in [3.63, 3.8) is 0 Å². The largest absolute Gasteiger partial charge is 0.444 e. The summed E-state index contributed by atoms with van der Waals surface area (Å²) in [6, 6.07) is 4.12. The number of alkyl carbamates (subject to hydrolysis) is 1. The van der Waals surface area contributed by atoms with Crippen LogP contribution in [0.25, 0.3) is 0 Å². The first-order valence-electron chi connectivity index (χ1n) is 13.9. The smallest absolute Gasteiger partial charge is 0.408 e.